The third-order valence-electron chi connectivity index (χ3n) is 8.06. The van der Waals surface area contributed by atoms with Crippen LogP contribution in [-0.4, -0.2) is 55.9 Å². The van der Waals surface area contributed by atoms with Crippen molar-refractivity contribution in [3.05, 3.63) is 93.8 Å². The third kappa shape index (κ3) is 8.97. The Morgan fingerprint density at radius 1 is 1.08 bits per heavy atom. The number of ketones is 1. The molecule has 0 saturated heterocycles. The molecule has 0 spiro atoms. The molecule has 11 nitrogen and oxygen atoms in total. The maximum absolute atomic E-state index is 14.2. The van der Waals surface area contributed by atoms with Crippen LogP contribution in [0.25, 0.3) is 11.1 Å². The largest absolute Gasteiger partial charge is 0.492 e. The Morgan fingerprint density at radius 3 is 2.56 bits per heavy atom. The number of unbranched alkanes of at least 4 members (excludes halogenated alkanes) is 1. The Kier molecular flexibility index (Phi) is 11.1. The van der Waals surface area contributed by atoms with Gasteiger partial charge in [-0.1, -0.05) is 17.7 Å². The predicted octanol–water partition coefficient (Wildman–Crippen LogP) is 6.94. The van der Waals surface area contributed by atoms with Crippen LogP contribution in [0.3, 0.4) is 0 Å². The number of nitrogens with zero attached hydrogens (tertiary/aromatic N) is 4. The molecular weight excluding hydrogens is 667 g/mol. The van der Waals surface area contributed by atoms with Gasteiger partial charge in [0.15, 0.2) is 5.78 Å². The van der Waals surface area contributed by atoms with E-state index in [2.05, 4.69) is 9.98 Å². The van der Waals surface area contributed by atoms with Crippen molar-refractivity contribution in [3.8, 4) is 22.6 Å². The molecule has 0 aliphatic carbocycles. The maximum Gasteiger partial charge on any atom is 0.437 e. The van der Waals surface area contributed by atoms with E-state index in [0.29, 0.717) is 70.4 Å². The van der Waals surface area contributed by atoms with Gasteiger partial charge in [-0.15, -0.1) is 4.99 Å². The highest BCUT2D eigenvalue weighted by molar-refractivity contribution is 6.32. The highest BCUT2D eigenvalue weighted by atomic mass is 35.5. The molecule has 3 heterocycles. The van der Waals surface area contributed by atoms with Crippen LogP contribution in [0.4, 0.5) is 9.18 Å². The van der Waals surface area contributed by atoms with Crippen molar-refractivity contribution < 1.29 is 38.1 Å². The zero-order valence-corrected chi connectivity index (χ0v) is 29.4. The molecule has 1 amide bonds. The van der Waals surface area contributed by atoms with E-state index in [4.69, 9.17) is 30.9 Å². The Balaban J connectivity index is 1.46. The van der Waals surface area contributed by atoms with E-state index in [1.807, 2.05) is 12.1 Å². The number of halogens is 2. The summed E-state index contributed by atoms with van der Waals surface area (Å²) in [5.41, 5.74) is 3.21. The average molecular weight is 707 g/mol. The van der Waals surface area contributed by atoms with E-state index in [0.717, 1.165) is 11.1 Å². The Morgan fingerprint density at radius 2 is 1.84 bits per heavy atom. The van der Waals surface area contributed by atoms with Crippen molar-refractivity contribution in [2.75, 3.05) is 13.2 Å². The van der Waals surface area contributed by atoms with Gasteiger partial charge < -0.3 is 28.5 Å². The van der Waals surface area contributed by atoms with Gasteiger partial charge in [0, 0.05) is 42.7 Å². The van der Waals surface area contributed by atoms with Crippen LogP contribution in [0.5, 0.6) is 11.5 Å². The second-order valence-electron chi connectivity index (χ2n) is 13.3. The van der Waals surface area contributed by atoms with Crippen LogP contribution in [0.2, 0.25) is 5.02 Å². The topological polar surface area (TPSA) is 134 Å². The van der Waals surface area contributed by atoms with Crippen LogP contribution < -0.4 is 15.1 Å². The summed E-state index contributed by atoms with van der Waals surface area (Å²) in [4.78, 5) is 45.8. The Bertz CT molecular complexity index is 2000. The predicted molar refractivity (Wildman–Crippen MR) is 184 cm³/mol. The lowest BCUT2D eigenvalue weighted by molar-refractivity contribution is -0.137. The van der Waals surface area contributed by atoms with Crippen molar-refractivity contribution in [1.29, 1.82) is 0 Å². The number of aliphatic carboxylic acids is 1. The van der Waals surface area contributed by atoms with Crippen molar-refractivity contribution in [2.24, 2.45) is 18.0 Å². The van der Waals surface area contributed by atoms with Crippen LogP contribution in [0.1, 0.15) is 67.2 Å². The second-order valence-corrected chi connectivity index (χ2v) is 13.7. The number of carbonyl (C=O) groups excluding carboxylic acids is 2. The van der Waals surface area contributed by atoms with Gasteiger partial charge >= 0.3 is 12.1 Å². The summed E-state index contributed by atoms with van der Waals surface area (Å²) in [6, 6.07) is 11.9. The molecule has 1 N–H and O–H groups in total. The van der Waals surface area contributed by atoms with Crippen LogP contribution >= 0.6 is 11.6 Å². The van der Waals surface area contributed by atoms with Crippen molar-refractivity contribution >= 4 is 29.4 Å². The number of pyridine rings is 1. The number of Topliss-reactive ketones (excluding diaryl/α,β-unsaturated/α-hetero) is 1. The summed E-state index contributed by atoms with van der Waals surface area (Å²) in [6.07, 6.45) is 4.28. The minimum atomic E-state index is -0.855. The van der Waals surface area contributed by atoms with Crippen LogP contribution in [0, 0.1) is 18.8 Å². The molecule has 50 heavy (non-hydrogen) atoms. The molecule has 1 aliphatic rings. The zero-order valence-electron chi connectivity index (χ0n) is 28.7. The number of benzene rings is 2. The second kappa shape index (κ2) is 15.3. The third-order valence-corrected chi connectivity index (χ3v) is 8.37. The number of carboxylic acid groups (broad SMARTS) is 1. The monoisotopic (exact) mass is 706 g/mol. The van der Waals surface area contributed by atoms with Crippen LogP contribution in [0.15, 0.2) is 59.9 Å². The van der Waals surface area contributed by atoms with Gasteiger partial charge in [0.05, 0.1) is 36.3 Å². The fourth-order valence-corrected chi connectivity index (χ4v) is 5.91. The minimum absolute atomic E-state index is 0.0652. The first-order chi connectivity index (χ1) is 23.7. The zero-order chi connectivity index (χ0) is 36.2. The molecule has 1 atom stereocenters. The molecule has 0 fully saturated rings. The summed E-state index contributed by atoms with van der Waals surface area (Å²) in [5, 5.41) is 9.27. The van der Waals surface area contributed by atoms with Gasteiger partial charge in [0.2, 0.25) is 11.6 Å². The fraction of sp³-hybridized carbons (Fsp3) is 0.378. The molecule has 2 aromatic heterocycles. The van der Waals surface area contributed by atoms with Gasteiger partial charge in [-0.05, 0) is 94.5 Å². The molecule has 0 bridgehead atoms. The van der Waals surface area contributed by atoms with Gasteiger partial charge in [0.25, 0.3) is 0 Å². The number of hydrogen-bond acceptors (Lipinski definition) is 7. The molecule has 0 radical (unpaired) electrons. The standard InChI is InChI=1S/C37H40ClFN4O7/c1-22-26(10-12-31(39)40-22)27-17-24(20-43-14-13-42(5)35(43)41-36(47)50-37(2,3)4)18-28-33(46)25(21-49-34(27)28)16-23-9-11-29(38)30(19-23)48-15-7-6-8-32(44)45/h9-14,17-19,25H,6-8,15-16,20-21H2,1-5H3,(H,44,45)/b41-35-. The molecule has 13 heteroatoms. The molecule has 264 valence electrons. The molecule has 5 rings (SSSR count). The number of amides is 1. The number of fused-ring (bicyclic) bond motifs is 1. The number of hydrogen-bond donors (Lipinski definition) is 1. The summed E-state index contributed by atoms with van der Waals surface area (Å²) >= 11 is 6.37. The van der Waals surface area contributed by atoms with E-state index in [1.165, 1.54) is 6.07 Å². The number of carbonyl (C=O) groups is 3. The van der Waals surface area contributed by atoms with E-state index >= 15 is 0 Å². The van der Waals surface area contributed by atoms with Crippen LogP contribution in [-0.2, 0) is 29.5 Å². The lowest BCUT2D eigenvalue weighted by atomic mass is 9.86. The summed E-state index contributed by atoms with van der Waals surface area (Å²) in [7, 11) is 1.76. The molecular formula is C37H40ClFN4O7. The first-order valence-electron chi connectivity index (χ1n) is 16.3. The van der Waals surface area contributed by atoms with Crippen molar-refractivity contribution in [3.63, 3.8) is 0 Å². The first-order valence-corrected chi connectivity index (χ1v) is 16.7. The van der Waals surface area contributed by atoms with Crippen molar-refractivity contribution in [2.45, 2.75) is 65.5 Å². The maximum atomic E-state index is 14.2. The van der Waals surface area contributed by atoms with E-state index < -0.39 is 29.5 Å². The van der Waals surface area contributed by atoms with E-state index in [1.54, 1.807) is 80.5 Å². The smallest absolute Gasteiger partial charge is 0.437 e. The first kappa shape index (κ1) is 36.3. The molecule has 1 aliphatic heterocycles. The molecule has 0 saturated carbocycles. The van der Waals surface area contributed by atoms with Crippen molar-refractivity contribution in [1.82, 2.24) is 14.1 Å². The number of aromatic nitrogens is 3. The molecule has 2 aromatic carbocycles. The normalized spacial score (nSPS) is 14.7. The van der Waals surface area contributed by atoms with Gasteiger partial charge in [-0.3, -0.25) is 9.59 Å². The lowest BCUT2D eigenvalue weighted by Gasteiger charge is -2.27. The highest BCUT2D eigenvalue weighted by Crippen LogP contribution is 2.40. The lowest BCUT2D eigenvalue weighted by Crippen LogP contribution is -2.31. The summed E-state index contributed by atoms with van der Waals surface area (Å²) < 4.78 is 35.1. The summed E-state index contributed by atoms with van der Waals surface area (Å²) in [6.45, 7) is 7.66. The van der Waals surface area contributed by atoms with E-state index in [-0.39, 0.29) is 25.4 Å². The Labute approximate surface area is 294 Å². The number of imidazole rings is 1. The average Bonchev–Trinajstić information content (AvgIpc) is 3.36. The number of carboxylic acids is 1. The number of rotatable bonds is 11. The fourth-order valence-electron chi connectivity index (χ4n) is 5.74. The van der Waals surface area contributed by atoms with Gasteiger partial charge in [-0.2, -0.15) is 4.39 Å². The summed E-state index contributed by atoms with van der Waals surface area (Å²) in [5.74, 6) is -1.26. The molecule has 4 aromatic rings. The SMILES string of the molecule is Cc1nc(F)ccc1-c1cc(Cn2ccn(C)/c2=N/C(=O)OC(C)(C)C)cc2c1OCC(Cc1ccc(Cl)c(OCCCCC(=O)O)c1)C2=O. The highest BCUT2D eigenvalue weighted by Gasteiger charge is 2.32. The quantitative estimate of drug-likeness (QED) is 0.131. The molecule has 1 unspecified atom stereocenters. The Hall–Kier alpha value is -4.97. The van der Waals surface area contributed by atoms with Gasteiger partial charge in [-0.25, -0.2) is 9.78 Å². The van der Waals surface area contributed by atoms with Gasteiger partial charge in [0.1, 0.15) is 17.1 Å². The number of aryl methyl sites for hydroxylation is 2. The van der Waals surface area contributed by atoms with E-state index in [9.17, 15) is 18.8 Å². The number of ether oxygens (including phenoxy) is 3. The minimum Gasteiger partial charge on any atom is -0.492 e.